The highest BCUT2D eigenvalue weighted by Gasteiger charge is 2.04. The van der Waals surface area contributed by atoms with Crippen LogP contribution in [-0.2, 0) is 6.54 Å². The largest absolute Gasteiger partial charge is 0.397 e. The first-order valence-electron chi connectivity index (χ1n) is 5.88. The average molecular weight is 255 g/mol. The van der Waals surface area contributed by atoms with Gasteiger partial charge >= 0.3 is 0 Å². The highest BCUT2D eigenvalue weighted by Crippen LogP contribution is 2.23. The normalized spacial score (nSPS) is 9.95. The molecule has 0 bridgehead atoms. The molecule has 0 radical (unpaired) electrons. The van der Waals surface area contributed by atoms with Crippen molar-refractivity contribution in [3.8, 4) is 6.07 Å². The molecule has 0 unspecified atom stereocenters. The first-order valence-corrected chi connectivity index (χ1v) is 5.88. The van der Waals surface area contributed by atoms with Gasteiger partial charge in [-0.05, 0) is 42.3 Å². The number of hydrogen-bond donors (Lipinski definition) is 2. The van der Waals surface area contributed by atoms with Gasteiger partial charge in [0.1, 0.15) is 5.82 Å². The minimum Gasteiger partial charge on any atom is -0.397 e. The summed E-state index contributed by atoms with van der Waals surface area (Å²) in [6.45, 7) is 2.22. The van der Waals surface area contributed by atoms with E-state index in [4.69, 9.17) is 11.0 Å². The van der Waals surface area contributed by atoms with Crippen LogP contribution in [0.25, 0.3) is 0 Å². The number of nitrogens with zero attached hydrogens (tertiary/aromatic N) is 1. The second kappa shape index (κ2) is 5.40. The molecule has 3 nitrogen and oxygen atoms in total. The summed E-state index contributed by atoms with van der Waals surface area (Å²) in [5.41, 5.74) is 8.96. The molecule has 0 aromatic heterocycles. The van der Waals surface area contributed by atoms with Gasteiger partial charge in [0.25, 0.3) is 0 Å². The van der Waals surface area contributed by atoms with E-state index in [0.717, 1.165) is 5.56 Å². The molecule has 2 aromatic rings. The van der Waals surface area contributed by atoms with Gasteiger partial charge in [0.2, 0.25) is 0 Å². The maximum Gasteiger partial charge on any atom is 0.128 e. The van der Waals surface area contributed by atoms with Crippen molar-refractivity contribution in [3.63, 3.8) is 0 Å². The summed E-state index contributed by atoms with van der Waals surface area (Å²) in [7, 11) is 0. The van der Waals surface area contributed by atoms with Gasteiger partial charge in [0, 0.05) is 6.54 Å². The lowest BCUT2D eigenvalue weighted by Gasteiger charge is -2.11. The van der Waals surface area contributed by atoms with Gasteiger partial charge in [-0.1, -0.05) is 12.1 Å². The molecule has 0 fully saturated rings. The van der Waals surface area contributed by atoms with Crippen molar-refractivity contribution < 1.29 is 4.39 Å². The first-order chi connectivity index (χ1) is 9.10. The fourth-order valence-electron chi connectivity index (χ4n) is 1.80. The van der Waals surface area contributed by atoms with E-state index in [-0.39, 0.29) is 5.82 Å². The van der Waals surface area contributed by atoms with Crippen molar-refractivity contribution in [2.24, 2.45) is 0 Å². The van der Waals surface area contributed by atoms with Crippen molar-refractivity contribution in [1.82, 2.24) is 0 Å². The number of nitrogens with one attached hydrogen (secondary N) is 1. The van der Waals surface area contributed by atoms with Crippen molar-refractivity contribution in [2.75, 3.05) is 11.1 Å². The lowest BCUT2D eigenvalue weighted by atomic mass is 10.1. The predicted molar refractivity (Wildman–Crippen MR) is 74.0 cm³/mol. The molecule has 0 aliphatic carbocycles. The fraction of sp³-hybridized carbons (Fsp3) is 0.133. The Morgan fingerprint density at radius 1 is 1.32 bits per heavy atom. The van der Waals surface area contributed by atoms with Crippen LogP contribution in [0.15, 0.2) is 36.4 Å². The third kappa shape index (κ3) is 3.02. The van der Waals surface area contributed by atoms with Gasteiger partial charge in [0.15, 0.2) is 0 Å². The third-order valence-corrected chi connectivity index (χ3v) is 2.87. The summed E-state index contributed by atoms with van der Waals surface area (Å²) in [6, 6.07) is 12.4. The Hall–Kier alpha value is -2.54. The topological polar surface area (TPSA) is 61.8 Å². The van der Waals surface area contributed by atoms with Crippen LogP contribution in [0, 0.1) is 24.1 Å². The highest BCUT2D eigenvalue weighted by molar-refractivity contribution is 5.67. The number of nitrogens with two attached hydrogens (primary N) is 1. The van der Waals surface area contributed by atoms with Crippen molar-refractivity contribution >= 4 is 11.4 Å². The summed E-state index contributed by atoms with van der Waals surface area (Å²) in [5, 5.41) is 12.0. The molecular weight excluding hydrogens is 241 g/mol. The van der Waals surface area contributed by atoms with Gasteiger partial charge in [0.05, 0.1) is 23.0 Å². The highest BCUT2D eigenvalue weighted by atomic mass is 19.1. The SMILES string of the molecule is Cc1cc(NCc2cccc(C#N)c2)c(N)cc1F. The summed E-state index contributed by atoms with van der Waals surface area (Å²) >= 11 is 0. The third-order valence-electron chi connectivity index (χ3n) is 2.87. The minimum atomic E-state index is -0.311. The van der Waals surface area contributed by atoms with E-state index in [1.54, 1.807) is 25.1 Å². The lowest BCUT2D eigenvalue weighted by Crippen LogP contribution is -2.04. The van der Waals surface area contributed by atoms with E-state index < -0.39 is 0 Å². The zero-order valence-corrected chi connectivity index (χ0v) is 10.6. The molecule has 0 aliphatic rings. The number of nitriles is 1. The molecular formula is C15H14FN3. The second-order valence-electron chi connectivity index (χ2n) is 4.35. The molecule has 4 heteroatoms. The van der Waals surface area contributed by atoms with Gasteiger partial charge in [-0.15, -0.1) is 0 Å². The van der Waals surface area contributed by atoms with Crippen molar-refractivity contribution in [2.45, 2.75) is 13.5 Å². The number of nitrogen functional groups attached to an aromatic ring is 1. The van der Waals surface area contributed by atoms with Crippen molar-refractivity contribution in [1.29, 1.82) is 5.26 Å². The molecule has 2 aromatic carbocycles. The van der Waals surface area contributed by atoms with Crippen LogP contribution in [-0.4, -0.2) is 0 Å². The molecule has 0 aliphatic heterocycles. The number of anilines is 2. The molecule has 19 heavy (non-hydrogen) atoms. The van der Waals surface area contributed by atoms with E-state index in [2.05, 4.69) is 11.4 Å². The molecule has 2 rings (SSSR count). The smallest absolute Gasteiger partial charge is 0.128 e. The van der Waals surface area contributed by atoms with Crippen LogP contribution in [0.2, 0.25) is 0 Å². The monoisotopic (exact) mass is 255 g/mol. The van der Waals surface area contributed by atoms with Gasteiger partial charge in [-0.3, -0.25) is 0 Å². The Balaban J connectivity index is 2.14. The van der Waals surface area contributed by atoms with Crippen molar-refractivity contribution in [3.05, 3.63) is 58.9 Å². The van der Waals surface area contributed by atoms with Crippen LogP contribution in [0.1, 0.15) is 16.7 Å². The molecule has 0 heterocycles. The standard InChI is InChI=1S/C15H14FN3/c1-10-5-15(14(18)7-13(10)16)19-9-12-4-2-3-11(6-12)8-17/h2-7,19H,9,18H2,1H3. The maximum atomic E-state index is 13.3. The zero-order chi connectivity index (χ0) is 13.8. The Morgan fingerprint density at radius 3 is 2.84 bits per heavy atom. The number of benzene rings is 2. The van der Waals surface area contributed by atoms with Crippen LogP contribution < -0.4 is 11.1 Å². The molecule has 0 spiro atoms. The van der Waals surface area contributed by atoms with Gasteiger partial charge in [-0.2, -0.15) is 5.26 Å². The minimum absolute atomic E-state index is 0.311. The number of aryl methyl sites for hydroxylation is 1. The first kappa shape index (κ1) is 12.9. The van der Waals surface area contributed by atoms with Crippen LogP contribution in [0.4, 0.5) is 15.8 Å². The van der Waals surface area contributed by atoms with Gasteiger partial charge < -0.3 is 11.1 Å². The summed E-state index contributed by atoms with van der Waals surface area (Å²) in [5.74, 6) is -0.311. The van der Waals surface area contributed by atoms with E-state index >= 15 is 0 Å². The summed E-state index contributed by atoms with van der Waals surface area (Å²) in [4.78, 5) is 0. The molecule has 0 saturated carbocycles. The maximum absolute atomic E-state index is 13.3. The van der Waals surface area contributed by atoms with Gasteiger partial charge in [-0.25, -0.2) is 4.39 Å². The fourth-order valence-corrected chi connectivity index (χ4v) is 1.80. The average Bonchev–Trinajstić information content (AvgIpc) is 2.41. The Morgan fingerprint density at radius 2 is 2.11 bits per heavy atom. The second-order valence-corrected chi connectivity index (χ2v) is 4.35. The van der Waals surface area contributed by atoms with Crippen LogP contribution in [0.3, 0.4) is 0 Å². The molecule has 0 saturated heterocycles. The number of rotatable bonds is 3. The van der Waals surface area contributed by atoms with Crippen LogP contribution in [0.5, 0.6) is 0 Å². The Labute approximate surface area is 111 Å². The molecule has 3 N–H and O–H groups in total. The predicted octanol–water partition coefficient (Wildman–Crippen LogP) is 3.20. The van der Waals surface area contributed by atoms with E-state index in [9.17, 15) is 4.39 Å². The number of hydrogen-bond acceptors (Lipinski definition) is 3. The lowest BCUT2D eigenvalue weighted by molar-refractivity contribution is 0.619. The van der Waals surface area contributed by atoms with E-state index in [1.807, 2.05) is 12.1 Å². The molecule has 0 amide bonds. The van der Waals surface area contributed by atoms with E-state index in [0.29, 0.717) is 29.0 Å². The number of halogens is 1. The van der Waals surface area contributed by atoms with Crippen LogP contribution >= 0.6 is 0 Å². The Bertz CT molecular complexity index is 644. The molecule has 96 valence electrons. The molecule has 0 atom stereocenters. The summed E-state index contributed by atoms with van der Waals surface area (Å²) in [6.07, 6.45) is 0. The quantitative estimate of drug-likeness (QED) is 0.828. The summed E-state index contributed by atoms with van der Waals surface area (Å²) < 4.78 is 13.3. The van der Waals surface area contributed by atoms with E-state index in [1.165, 1.54) is 6.07 Å². The Kier molecular flexibility index (Phi) is 3.67. The zero-order valence-electron chi connectivity index (χ0n) is 10.6.